The third kappa shape index (κ3) is 29.8. The Bertz CT molecular complexity index is 1490. The van der Waals surface area contributed by atoms with Gasteiger partial charge in [0.2, 0.25) is 0 Å². The number of aliphatic imine (C=N–C) groups is 2. The summed E-state index contributed by atoms with van der Waals surface area (Å²) >= 11 is 0. The molecule has 0 aromatic heterocycles. The summed E-state index contributed by atoms with van der Waals surface area (Å²) in [5, 5.41) is 11.5. The number of para-hydroxylation sites is 2. The first-order valence-electron chi connectivity index (χ1n) is 19.4. The predicted octanol–water partition coefficient (Wildman–Crippen LogP) is 19.0. The second-order valence-electron chi connectivity index (χ2n) is 15.9. The van der Waals surface area contributed by atoms with Crippen molar-refractivity contribution in [2.45, 2.75) is 160 Å². The van der Waals surface area contributed by atoms with Crippen molar-refractivity contribution in [2.24, 2.45) is 9.98 Å². The number of phenolic OH excluding ortho intramolecular Hbond substituents is 1. The van der Waals surface area contributed by atoms with E-state index in [1.165, 1.54) is 35.1 Å². The summed E-state index contributed by atoms with van der Waals surface area (Å²) in [5.41, 5.74) is 9.33. The molecule has 0 spiro atoms. The maximum Gasteiger partial charge on any atom is 0 e. The van der Waals surface area contributed by atoms with Crippen LogP contribution in [0.1, 0.15) is 193 Å². The molecule has 59 heavy (non-hydrogen) atoms. The smallest absolute Gasteiger partial charge is 0 e. The zero-order chi connectivity index (χ0) is 43.6. The van der Waals surface area contributed by atoms with Crippen molar-refractivity contribution in [3.05, 3.63) is 109 Å². The van der Waals surface area contributed by atoms with E-state index in [0.717, 1.165) is 16.9 Å². The van der Waals surface area contributed by atoms with Gasteiger partial charge in [-0.05, 0) is 69.0 Å². The minimum Gasteiger partial charge on any atom is -0.358 e. The van der Waals surface area contributed by atoms with E-state index in [9.17, 15) is 30.3 Å². The van der Waals surface area contributed by atoms with E-state index in [4.69, 9.17) is 9.98 Å². The van der Waals surface area contributed by atoms with Gasteiger partial charge in [-0.1, -0.05) is 153 Å². The Labute approximate surface area is 384 Å². The summed E-state index contributed by atoms with van der Waals surface area (Å²) in [7, 11) is -10.7. The van der Waals surface area contributed by atoms with Gasteiger partial charge in [-0.15, -0.1) is 0 Å². The van der Waals surface area contributed by atoms with Crippen LogP contribution in [-0.2, 0) is 46.3 Å². The largest absolute Gasteiger partial charge is 0.358 e. The first-order valence-corrected chi connectivity index (χ1v) is 21.5. The molecule has 0 unspecified atom stereocenters. The number of rotatable bonds is 8. The molecule has 12 heteroatoms. The molecule has 3 nitrogen and oxygen atoms in total. The molecule has 0 bridgehead atoms. The fourth-order valence-corrected chi connectivity index (χ4v) is 4.90. The van der Waals surface area contributed by atoms with Crippen molar-refractivity contribution in [1.29, 1.82) is 0 Å². The second-order valence-corrected chi connectivity index (χ2v) is 17.8. The van der Waals surface area contributed by atoms with Crippen molar-refractivity contribution < 1.29 is 71.1 Å². The minimum absolute atomic E-state index is 0. The molecule has 0 aliphatic carbocycles. The Kier molecular flexibility index (Phi) is 34.2. The van der Waals surface area contributed by atoms with Gasteiger partial charge in [0.05, 0.1) is 31.6 Å². The van der Waals surface area contributed by atoms with Crippen LogP contribution < -0.4 is 0 Å². The average molecular weight is 1040 g/mol. The average Bonchev–Trinajstić information content (AvgIpc) is 3.02. The molecule has 1 N–H and O–H groups in total. The standard InChI is InChI=1S/C36H48N2O.2C3H8.C3H7.2CH3.F6P.2Pd/c1-22(2)29-14-12-15-30(23(3)4)33(29)37-20-26-18-28(36(9,10)11)19-27(35(26)39)21-38-34-31(24(5)6)16-13-17-32(34)25(7)8;3*1-3-2;;;1-7(2,3,4,5)6;;/h12-25,39H,1-11H3;2*3H2,1-2H3;3H,1-2H3;2*1H3;;;/q;;;+1;3*-1;;. The number of hydrogen-bond donors (Lipinski definition) is 1. The minimum atomic E-state index is -10.7. The van der Waals surface area contributed by atoms with Gasteiger partial charge in [0.15, 0.2) is 0 Å². The number of phenols is 1. The zero-order valence-corrected chi connectivity index (χ0v) is 43.3. The normalized spacial score (nSPS) is 12.1. The Morgan fingerprint density at radius 1 is 0.593 bits per heavy atom. The number of aromatic hydroxyl groups is 1. The molecule has 0 fully saturated rings. The van der Waals surface area contributed by atoms with Gasteiger partial charge in [0.1, 0.15) is 5.75 Å². The van der Waals surface area contributed by atoms with Gasteiger partial charge in [-0.2, -0.15) is 0 Å². The molecule has 3 aromatic carbocycles. The molecule has 0 saturated heterocycles. The fraction of sp³-hybridized carbons (Fsp3) is 0.511. The van der Waals surface area contributed by atoms with Gasteiger partial charge in [0, 0.05) is 64.4 Å². The van der Waals surface area contributed by atoms with E-state index in [2.05, 4.69) is 152 Å². The molecule has 0 saturated carbocycles. The summed E-state index contributed by atoms with van der Waals surface area (Å²) in [6, 6.07) is 17.0. The van der Waals surface area contributed by atoms with Crippen LogP contribution in [0.15, 0.2) is 58.5 Å². The molecule has 0 aliphatic rings. The quantitative estimate of drug-likeness (QED) is 0.0789. The molecule has 350 valence electrons. The number of benzene rings is 3. The molecule has 3 rings (SSSR count). The Hall–Kier alpha value is -2.00. The monoisotopic (exact) mass is 1040 g/mol. The first-order chi connectivity index (χ1) is 24.9. The molecular weight excluding hydrogens is 966 g/mol. The van der Waals surface area contributed by atoms with Crippen LogP contribution in [0.4, 0.5) is 36.6 Å². The Balaban J connectivity index is -0.000000301. The van der Waals surface area contributed by atoms with E-state index in [1.54, 1.807) is 0 Å². The van der Waals surface area contributed by atoms with Crippen LogP contribution in [0.5, 0.6) is 5.75 Å². The molecule has 0 heterocycles. The summed E-state index contributed by atoms with van der Waals surface area (Å²) < 4.78 is 59.2. The van der Waals surface area contributed by atoms with Crippen LogP contribution in [-0.4, -0.2) is 17.5 Å². The summed E-state index contributed by atoms with van der Waals surface area (Å²) in [4.78, 5) is 10.0. The third-order valence-electron chi connectivity index (χ3n) is 7.39. The van der Waals surface area contributed by atoms with Crippen LogP contribution in [0.2, 0.25) is 0 Å². The SMILES string of the molecule is CC(C)c1cccc(C(C)C)c1N=Cc1cc(C(C)(C)C)cc(C=Nc2c(C(C)C)cccc2C(C)C)c1O.CCC.CCC.C[CH+]C.F[P-](F)(F)(F)(F)F.[CH3-].[CH3-].[Pd].[Pd]. The van der Waals surface area contributed by atoms with Gasteiger partial charge in [-0.3, -0.25) is 9.98 Å². The van der Waals surface area contributed by atoms with Crippen LogP contribution in [0.3, 0.4) is 0 Å². The summed E-state index contributed by atoms with van der Waals surface area (Å²) in [6.45, 7) is 36.7. The van der Waals surface area contributed by atoms with Crippen molar-refractivity contribution in [1.82, 2.24) is 0 Å². The number of hydrogen-bond acceptors (Lipinski definition) is 3. The summed E-state index contributed by atoms with van der Waals surface area (Å²) in [5.74, 6) is 1.61. The summed E-state index contributed by atoms with van der Waals surface area (Å²) in [6.07, 6.45) is 8.16. The van der Waals surface area contributed by atoms with E-state index in [1.807, 2.05) is 32.7 Å². The maximum atomic E-state index is 11.5. The van der Waals surface area contributed by atoms with E-state index in [0.29, 0.717) is 34.8 Å². The molecule has 0 aliphatic heterocycles. The van der Waals surface area contributed by atoms with Gasteiger partial charge < -0.3 is 20.0 Å². The number of nitrogens with zero attached hydrogens (tertiary/aromatic N) is 2. The van der Waals surface area contributed by atoms with Crippen molar-refractivity contribution in [3.8, 4) is 5.75 Å². The maximum absolute atomic E-state index is 11.5. The van der Waals surface area contributed by atoms with Crippen LogP contribution in [0, 0.1) is 21.3 Å². The van der Waals surface area contributed by atoms with Gasteiger partial charge >= 0.3 is 33.0 Å². The Morgan fingerprint density at radius 3 is 0.966 bits per heavy atom. The first kappa shape index (κ1) is 68.7. The van der Waals surface area contributed by atoms with E-state index in [-0.39, 0.29) is 66.9 Å². The van der Waals surface area contributed by atoms with Gasteiger partial charge in [0.25, 0.3) is 0 Å². The second kappa shape index (κ2) is 29.3. The predicted molar refractivity (Wildman–Crippen MR) is 245 cm³/mol. The van der Waals surface area contributed by atoms with Gasteiger partial charge in [-0.25, -0.2) is 0 Å². The third-order valence-corrected chi connectivity index (χ3v) is 7.39. The fourth-order valence-electron chi connectivity index (χ4n) is 4.90. The van der Waals surface area contributed by atoms with Crippen LogP contribution in [0.25, 0.3) is 0 Å². The number of halogens is 6. The topological polar surface area (TPSA) is 45.0 Å². The molecule has 3 aromatic rings. The van der Waals surface area contributed by atoms with E-state index < -0.39 is 7.81 Å². The van der Waals surface area contributed by atoms with Crippen molar-refractivity contribution in [2.75, 3.05) is 0 Å². The van der Waals surface area contributed by atoms with E-state index >= 15 is 0 Å². The molecule has 0 atom stereocenters. The molecule has 0 amide bonds. The van der Waals surface area contributed by atoms with Crippen molar-refractivity contribution >= 4 is 31.6 Å². The molecule has 0 radical (unpaired) electrons. The Morgan fingerprint density at radius 2 is 0.797 bits per heavy atom. The van der Waals surface area contributed by atoms with Crippen molar-refractivity contribution in [3.63, 3.8) is 0 Å². The molecular formula is C47H77F6N2OPPd2-2. The van der Waals surface area contributed by atoms with Crippen LogP contribution >= 0.6 is 7.81 Å². The zero-order valence-electron chi connectivity index (χ0n) is 39.3.